The average Bonchev–Trinajstić information content (AvgIpc) is 2.47. The van der Waals surface area contributed by atoms with E-state index in [1.807, 2.05) is 44.2 Å². The van der Waals surface area contributed by atoms with Gasteiger partial charge in [-0.1, -0.05) is 45.0 Å². The van der Waals surface area contributed by atoms with E-state index in [0.29, 0.717) is 5.56 Å². The summed E-state index contributed by atoms with van der Waals surface area (Å²) in [6, 6.07) is 9.45. The van der Waals surface area contributed by atoms with E-state index in [-0.39, 0.29) is 11.5 Å². The molecule has 0 amide bonds. The molecule has 2 rings (SSSR count). The molecule has 1 aromatic carbocycles. The smallest absolute Gasteiger partial charge is 0.269 e. The van der Waals surface area contributed by atoms with Crippen LogP contribution in [0, 0.1) is 0 Å². The van der Waals surface area contributed by atoms with E-state index in [0.717, 1.165) is 17.7 Å². The number of nitrogens with one attached hydrogen (secondary N) is 1. The van der Waals surface area contributed by atoms with Gasteiger partial charge in [-0.05, 0) is 29.5 Å². The Morgan fingerprint density at radius 2 is 1.90 bits per heavy atom. The highest BCUT2D eigenvalue weighted by Crippen LogP contribution is 2.19. The van der Waals surface area contributed by atoms with E-state index in [9.17, 15) is 4.79 Å². The van der Waals surface area contributed by atoms with E-state index in [4.69, 9.17) is 5.73 Å². The van der Waals surface area contributed by atoms with Crippen LogP contribution >= 0.6 is 0 Å². The van der Waals surface area contributed by atoms with E-state index >= 15 is 0 Å². The van der Waals surface area contributed by atoms with Gasteiger partial charge in [-0.3, -0.25) is 4.79 Å². The zero-order chi connectivity index (χ0) is 14.7. The van der Waals surface area contributed by atoms with E-state index in [1.54, 1.807) is 0 Å². The van der Waals surface area contributed by atoms with Crippen LogP contribution in [0.5, 0.6) is 0 Å². The van der Waals surface area contributed by atoms with Gasteiger partial charge in [0.05, 0.1) is 11.7 Å². The van der Waals surface area contributed by atoms with Crippen LogP contribution in [-0.4, -0.2) is 10.2 Å². The summed E-state index contributed by atoms with van der Waals surface area (Å²) in [5, 5.41) is 6.59. The number of H-pyrrole nitrogens is 1. The van der Waals surface area contributed by atoms with Crippen LogP contribution in [0.1, 0.15) is 55.1 Å². The fourth-order valence-electron chi connectivity index (χ4n) is 2.10. The predicted molar refractivity (Wildman–Crippen MR) is 80.8 cm³/mol. The number of nitrogens with zero attached hydrogens (tertiary/aromatic N) is 1. The molecule has 0 aliphatic heterocycles. The van der Waals surface area contributed by atoms with Gasteiger partial charge in [0, 0.05) is 5.56 Å². The summed E-state index contributed by atoms with van der Waals surface area (Å²) in [7, 11) is 0. The summed E-state index contributed by atoms with van der Waals surface area (Å²) < 4.78 is 0. The molecule has 0 aliphatic carbocycles. The maximum Gasteiger partial charge on any atom is 0.269 e. The Kier molecular flexibility index (Phi) is 4.35. The maximum absolute atomic E-state index is 11.9. The first kappa shape index (κ1) is 14.5. The molecule has 1 unspecified atom stereocenters. The molecular weight excluding hydrogens is 250 g/mol. The molecule has 0 spiro atoms. The summed E-state index contributed by atoms with van der Waals surface area (Å²) in [5.74, 6) is 0.250. The third-order valence-corrected chi connectivity index (χ3v) is 3.53. The number of hydrogen-bond acceptors (Lipinski definition) is 3. The molecule has 0 fully saturated rings. The summed E-state index contributed by atoms with van der Waals surface area (Å²) in [6.07, 6.45) is 0.989. The molecule has 0 saturated carbocycles. The van der Waals surface area contributed by atoms with Crippen LogP contribution in [-0.2, 0) is 6.42 Å². The molecule has 2 aromatic rings. The second kappa shape index (κ2) is 6.01. The van der Waals surface area contributed by atoms with Crippen molar-refractivity contribution in [3.8, 4) is 0 Å². The molecule has 1 aromatic heterocycles. The molecule has 0 saturated heterocycles. The van der Waals surface area contributed by atoms with Crippen molar-refractivity contribution in [1.29, 1.82) is 0 Å². The van der Waals surface area contributed by atoms with Gasteiger partial charge in [-0.15, -0.1) is 0 Å². The van der Waals surface area contributed by atoms with Gasteiger partial charge < -0.3 is 5.73 Å². The van der Waals surface area contributed by atoms with Gasteiger partial charge in [-0.25, -0.2) is 5.10 Å². The van der Waals surface area contributed by atoms with Crippen LogP contribution in [0.4, 0.5) is 0 Å². The fourth-order valence-corrected chi connectivity index (χ4v) is 2.10. The Balaban J connectivity index is 2.38. The first-order valence-electron chi connectivity index (χ1n) is 6.96. The monoisotopic (exact) mass is 271 g/mol. The Hall–Kier alpha value is -1.94. The number of benzene rings is 1. The topological polar surface area (TPSA) is 71.8 Å². The molecule has 3 N–H and O–H groups in total. The minimum absolute atomic E-state index is 0.221. The minimum atomic E-state index is -0.426. The highest BCUT2D eigenvalue weighted by Gasteiger charge is 2.15. The maximum atomic E-state index is 11.9. The SMILES string of the molecule is CCc1ccc(C(N)c2cc(C(C)C)n[nH]c2=O)cc1. The molecule has 0 bridgehead atoms. The zero-order valence-corrected chi connectivity index (χ0v) is 12.2. The van der Waals surface area contributed by atoms with Crippen molar-refractivity contribution >= 4 is 0 Å². The zero-order valence-electron chi connectivity index (χ0n) is 12.2. The summed E-state index contributed by atoms with van der Waals surface area (Å²) in [5.41, 5.74) is 9.61. The Morgan fingerprint density at radius 3 is 2.45 bits per heavy atom. The van der Waals surface area contributed by atoms with Crippen LogP contribution in [0.25, 0.3) is 0 Å². The van der Waals surface area contributed by atoms with E-state index in [1.165, 1.54) is 5.56 Å². The van der Waals surface area contributed by atoms with Crippen molar-refractivity contribution in [3.63, 3.8) is 0 Å². The molecule has 1 heterocycles. The fraction of sp³-hybridized carbons (Fsp3) is 0.375. The summed E-state index contributed by atoms with van der Waals surface area (Å²) in [6.45, 7) is 6.18. The predicted octanol–water partition coefficient (Wildman–Crippen LogP) is 2.50. The lowest BCUT2D eigenvalue weighted by molar-refractivity contribution is 0.747. The highest BCUT2D eigenvalue weighted by atomic mass is 16.1. The van der Waals surface area contributed by atoms with Gasteiger partial charge >= 0.3 is 0 Å². The van der Waals surface area contributed by atoms with Crippen LogP contribution in [0.15, 0.2) is 35.1 Å². The lowest BCUT2D eigenvalue weighted by Gasteiger charge is -2.14. The normalized spacial score (nSPS) is 12.7. The number of aryl methyl sites for hydroxylation is 1. The van der Waals surface area contributed by atoms with Crippen molar-refractivity contribution in [3.05, 3.63) is 63.1 Å². The van der Waals surface area contributed by atoms with Gasteiger partial charge in [0.1, 0.15) is 0 Å². The lowest BCUT2D eigenvalue weighted by Crippen LogP contribution is -2.24. The summed E-state index contributed by atoms with van der Waals surface area (Å²) >= 11 is 0. The number of rotatable bonds is 4. The van der Waals surface area contributed by atoms with Crippen LogP contribution in [0.3, 0.4) is 0 Å². The van der Waals surface area contributed by atoms with Crippen molar-refractivity contribution in [2.24, 2.45) is 5.73 Å². The third-order valence-electron chi connectivity index (χ3n) is 3.53. The van der Waals surface area contributed by atoms with E-state index < -0.39 is 6.04 Å². The van der Waals surface area contributed by atoms with Crippen molar-refractivity contribution < 1.29 is 0 Å². The molecule has 0 radical (unpaired) electrons. The van der Waals surface area contributed by atoms with Crippen LogP contribution in [0.2, 0.25) is 0 Å². The largest absolute Gasteiger partial charge is 0.320 e. The number of aromatic amines is 1. The summed E-state index contributed by atoms with van der Waals surface area (Å²) in [4.78, 5) is 11.9. The Bertz CT molecular complexity index is 629. The molecule has 20 heavy (non-hydrogen) atoms. The third kappa shape index (κ3) is 2.96. The van der Waals surface area contributed by atoms with Gasteiger partial charge in [-0.2, -0.15) is 5.10 Å². The van der Waals surface area contributed by atoms with Gasteiger partial charge in [0.15, 0.2) is 0 Å². The molecule has 0 aliphatic rings. The first-order valence-corrected chi connectivity index (χ1v) is 6.96. The Labute approximate surface area is 119 Å². The molecule has 1 atom stereocenters. The van der Waals surface area contributed by atoms with Gasteiger partial charge in [0.2, 0.25) is 0 Å². The van der Waals surface area contributed by atoms with Gasteiger partial charge in [0.25, 0.3) is 5.56 Å². The number of nitrogens with two attached hydrogens (primary N) is 1. The van der Waals surface area contributed by atoms with Crippen molar-refractivity contribution in [1.82, 2.24) is 10.2 Å². The highest BCUT2D eigenvalue weighted by molar-refractivity contribution is 5.32. The van der Waals surface area contributed by atoms with Crippen molar-refractivity contribution in [2.45, 2.75) is 39.2 Å². The minimum Gasteiger partial charge on any atom is -0.320 e. The number of aromatic nitrogens is 2. The van der Waals surface area contributed by atoms with E-state index in [2.05, 4.69) is 17.1 Å². The quantitative estimate of drug-likeness (QED) is 0.897. The second-order valence-corrected chi connectivity index (χ2v) is 5.30. The molecule has 4 heteroatoms. The molecule has 106 valence electrons. The lowest BCUT2D eigenvalue weighted by atomic mass is 9.97. The van der Waals surface area contributed by atoms with Crippen molar-refractivity contribution in [2.75, 3.05) is 0 Å². The second-order valence-electron chi connectivity index (χ2n) is 5.30. The van der Waals surface area contributed by atoms with Crippen LogP contribution < -0.4 is 11.3 Å². The average molecular weight is 271 g/mol. The molecule has 4 nitrogen and oxygen atoms in total. The standard InChI is InChI=1S/C16H21N3O/c1-4-11-5-7-12(8-6-11)15(17)13-9-14(10(2)3)18-19-16(13)20/h5-10,15H,4,17H2,1-3H3,(H,19,20). The number of hydrogen-bond donors (Lipinski definition) is 2. The Morgan fingerprint density at radius 1 is 1.25 bits per heavy atom. The molecular formula is C16H21N3O. The first-order chi connectivity index (χ1) is 9.52.